The predicted octanol–water partition coefficient (Wildman–Crippen LogP) is 2.56. The third-order valence-corrected chi connectivity index (χ3v) is 2.68. The van der Waals surface area contributed by atoms with E-state index in [0.29, 0.717) is 24.3 Å². The van der Waals surface area contributed by atoms with Crippen molar-refractivity contribution in [2.75, 3.05) is 6.61 Å². The molecule has 94 valence electrons. The lowest BCUT2D eigenvalue weighted by Crippen LogP contribution is -2.34. The summed E-state index contributed by atoms with van der Waals surface area (Å²) < 4.78 is 55.2. The summed E-state index contributed by atoms with van der Waals surface area (Å²) in [6, 6.07) is 3.86. The van der Waals surface area contributed by atoms with Crippen molar-refractivity contribution in [1.82, 2.24) is 0 Å². The normalized spacial score (nSPS) is 16.8. The Morgan fingerprint density at radius 3 is 2.65 bits per heavy atom. The van der Waals surface area contributed by atoms with E-state index in [9.17, 15) is 22.7 Å². The first kappa shape index (κ1) is 12.2. The lowest BCUT2D eigenvalue weighted by atomic mass is 10.0. The molecule has 1 aromatic carbocycles. The van der Waals surface area contributed by atoms with Crippen LogP contribution in [0.1, 0.15) is 17.2 Å². The van der Waals surface area contributed by atoms with Gasteiger partial charge in [-0.25, -0.2) is 8.78 Å². The van der Waals surface area contributed by atoms with Crippen molar-refractivity contribution < 1.29 is 27.4 Å². The van der Waals surface area contributed by atoms with Crippen LogP contribution in [0.4, 0.5) is 17.6 Å². The van der Waals surface area contributed by atoms with Gasteiger partial charge in [0.05, 0.1) is 6.61 Å². The summed E-state index contributed by atoms with van der Waals surface area (Å²) in [5, 5.41) is 9.28. The van der Waals surface area contributed by atoms with Gasteiger partial charge in [-0.2, -0.15) is 8.78 Å². The molecule has 0 aliphatic carbocycles. The van der Waals surface area contributed by atoms with Crippen LogP contribution >= 0.6 is 0 Å². The minimum atomic E-state index is -4.45. The zero-order valence-electron chi connectivity index (χ0n) is 8.67. The topological polar surface area (TPSA) is 29.5 Å². The third kappa shape index (κ3) is 2.09. The van der Waals surface area contributed by atoms with Crippen molar-refractivity contribution in [3.8, 4) is 5.75 Å². The number of hydrogen-bond donors (Lipinski definition) is 1. The van der Waals surface area contributed by atoms with E-state index < -0.39 is 18.5 Å². The van der Waals surface area contributed by atoms with Crippen LogP contribution in [-0.2, 0) is 6.42 Å². The van der Waals surface area contributed by atoms with Crippen molar-refractivity contribution in [2.45, 2.75) is 24.9 Å². The molecule has 6 heteroatoms. The minimum absolute atomic E-state index is 0.223. The molecule has 1 aliphatic rings. The molecular weight excluding hydrogens is 240 g/mol. The van der Waals surface area contributed by atoms with E-state index in [1.165, 1.54) is 18.2 Å². The highest BCUT2D eigenvalue weighted by Crippen LogP contribution is 2.38. The minimum Gasteiger partial charge on any atom is -0.493 e. The number of fused-ring (bicyclic) bond motifs is 1. The smallest absolute Gasteiger partial charge is 0.336 e. The molecule has 0 bridgehead atoms. The monoisotopic (exact) mass is 250 g/mol. The largest absolute Gasteiger partial charge is 0.493 e. The number of alkyl halides is 4. The Hall–Kier alpha value is -1.30. The van der Waals surface area contributed by atoms with E-state index in [1.807, 2.05) is 0 Å². The zero-order valence-corrected chi connectivity index (χ0v) is 8.67. The van der Waals surface area contributed by atoms with Crippen LogP contribution in [0.5, 0.6) is 5.75 Å². The van der Waals surface area contributed by atoms with E-state index in [0.717, 1.165) is 0 Å². The molecule has 2 rings (SSSR count). The van der Waals surface area contributed by atoms with Crippen LogP contribution in [0.3, 0.4) is 0 Å². The molecule has 0 saturated carbocycles. The van der Waals surface area contributed by atoms with Crippen LogP contribution in [0, 0.1) is 0 Å². The highest BCUT2D eigenvalue weighted by molar-refractivity contribution is 5.40. The Morgan fingerprint density at radius 2 is 2.00 bits per heavy atom. The molecule has 0 amide bonds. The van der Waals surface area contributed by atoms with Crippen molar-refractivity contribution in [3.05, 3.63) is 29.3 Å². The quantitative estimate of drug-likeness (QED) is 0.835. The molecule has 0 aromatic heterocycles. The Bertz CT molecular complexity index is 420. The number of ether oxygens (including phenoxy) is 1. The summed E-state index contributed by atoms with van der Waals surface area (Å²) in [4.78, 5) is 0. The lowest BCUT2D eigenvalue weighted by molar-refractivity contribution is -0.193. The number of aliphatic hydroxyl groups is 1. The Labute approximate surface area is 94.8 Å². The number of halogens is 4. The van der Waals surface area contributed by atoms with Gasteiger partial charge in [-0.05, 0) is 23.3 Å². The van der Waals surface area contributed by atoms with Crippen molar-refractivity contribution in [1.29, 1.82) is 0 Å². The van der Waals surface area contributed by atoms with Gasteiger partial charge in [0.15, 0.2) is 0 Å². The van der Waals surface area contributed by atoms with E-state index >= 15 is 0 Å². The molecule has 17 heavy (non-hydrogen) atoms. The molecule has 1 aromatic rings. The van der Waals surface area contributed by atoms with Gasteiger partial charge in [-0.1, -0.05) is 6.07 Å². The van der Waals surface area contributed by atoms with Crippen molar-refractivity contribution >= 4 is 0 Å². The standard InChI is InChI=1S/C11H10F4O2/c12-10(13)11(14,15)9(16)7-1-2-8-6(5-7)3-4-17-8/h1-2,5,9-10,16H,3-4H2. The second-order valence-corrected chi connectivity index (χ2v) is 3.84. The fourth-order valence-electron chi connectivity index (χ4n) is 1.72. The fraction of sp³-hybridized carbons (Fsp3) is 0.455. The van der Waals surface area contributed by atoms with Gasteiger partial charge in [-0.15, -0.1) is 0 Å². The molecule has 1 N–H and O–H groups in total. The molecule has 1 atom stereocenters. The predicted molar refractivity (Wildman–Crippen MR) is 51.6 cm³/mol. The van der Waals surface area contributed by atoms with Crippen LogP contribution in [0.15, 0.2) is 18.2 Å². The van der Waals surface area contributed by atoms with Gasteiger partial charge >= 0.3 is 12.3 Å². The highest BCUT2D eigenvalue weighted by Gasteiger charge is 2.48. The van der Waals surface area contributed by atoms with Gasteiger partial charge in [0.25, 0.3) is 0 Å². The van der Waals surface area contributed by atoms with Gasteiger partial charge < -0.3 is 9.84 Å². The maximum absolute atomic E-state index is 12.9. The first-order valence-electron chi connectivity index (χ1n) is 5.02. The summed E-state index contributed by atoms with van der Waals surface area (Å²) >= 11 is 0. The summed E-state index contributed by atoms with van der Waals surface area (Å²) in [5.41, 5.74) is 0.422. The lowest BCUT2D eigenvalue weighted by Gasteiger charge is -2.22. The number of aliphatic hydroxyl groups excluding tert-OH is 1. The van der Waals surface area contributed by atoms with Crippen LogP contribution in [0.25, 0.3) is 0 Å². The second-order valence-electron chi connectivity index (χ2n) is 3.84. The SMILES string of the molecule is OC(c1ccc2c(c1)CCO2)C(F)(F)C(F)F. The molecule has 0 fully saturated rings. The maximum atomic E-state index is 12.9. The van der Waals surface area contributed by atoms with E-state index in [-0.39, 0.29) is 5.56 Å². The molecule has 2 nitrogen and oxygen atoms in total. The fourth-order valence-corrected chi connectivity index (χ4v) is 1.72. The summed E-state index contributed by atoms with van der Waals surface area (Å²) in [6.07, 6.45) is -5.88. The number of benzene rings is 1. The van der Waals surface area contributed by atoms with Gasteiger partial charge in [0, 0.05) is 6.42 Å². The Morgan fingerprint density at radius 1 is 1.29 bits per heavy atom. The molecule has 1 aliphatic heterocycles. The van der Waals surface area contributed by atoms with Crippen LogP contribution in [0.2, 0.25) is 0 Å². The van der Waals surface area contributed by atoms with E-state index in [1.54, 1.807) is 0 Å². The average molecular weight is 250 g/mol. The molecular formula is C11H10F4O2. The second kappa shape index (κ2) is 4.18. The molecule has 1 unspecified atom stereocenters. The van der Waals surface area contributed by atoms with Crippen molar-refractivity contribution in [3.63, 3.8) is 0 Å². The molecule has 0 saturated heterocycles. The van der Waals surface area contributed by atoms with Gasteiger partial charge in [-0.3, -0.25) is 0 Å². The summed E-state index contributed by atoms with van der Waals surface area (Å²) in [6.45, 7) is 0.431. The van der Waals surface area contributed by atoms with E-state index in [2.05, 4.69) is 0 Å². The Kier molecular flexibility index (Phi) is 2.99. The maximum Gasteiger partial charge on any atom is 0.336 e. The summed E-state index contributed by atoms with van der Waals surface area (Å²) in [5.74, 6) is -3.91. The van der Waals surface area contributed by atoms with Crippen molar-refractivity contribution in [2.24, 2.45) is 0 Å². The van der Waals surface area contributed by atoms with Gasteiger partial charge in [0.1, 0.15) is 11.9 Å². The summed E-state index contributed by atoms with van der Waals surface area (Å²) in [7, 11) is 0. The van der Waals surface area contributed by atoms with Gasteiger partial charge in [0.2, 0.25) is 0 Å². The third-order valence-electron chi connectivity index (χ3n) is 2.68. The Balaban J connectivity index is 2.29. The molecule has 0 radical (unpaired) electrons. The highest BCUT2D eigenvalue weighted by atomic mass is 19.3. The van der Waals surface area contributed by atoms with E-state index in [4.69, 9.17) is 4.74 Å². The van der Waals surface area contributed by atoms with Crippen LogP contribution < -0.4 is 4.74 Å². The average Bonchev–Trinajstić information content (AvgIpc) is 2.74. The number of hydrogen-bond acceptors (Lipinski definition) is 2. The first-order chi connectivity index (χ1) is 7.93. The number of rotatable bonds is 3. The zero-order chi connectivity index (χ0) is 12.6. The molecule has 0 spiro atoms. The first-order valence-corrected chi connectivity index (χ1v) is 5.02. The molecule has 1 heterocycles. The van der Waals surface area contributed by atoms with Crippen LogP contribution in [-0.4, -0.2) is 24.1 Å².